The van der Waals surface area contributed by atoms with Crippen LogP contribution in [0, 0.1) is 0 Å². The first-order chi connectivity index (χ1) is 4.43. The van der Waals surface area contributed by atoms with Crippen LogP contribution in [-0.4, -0.2) is 26.5 Å². The fourth-order valence-electron chi connectivity index (χ4n) is 0.779. The second-order valence-corrected chi connectivity index (χ2v) is 2.02. The molecule has 0 amide bonds. The Hall–Kier alpha value is -0.630. The van der Waals surface area contributed by atoms with E-state index in [0.29, 0.717) is 0 Å². The molecule has 0 atom stereocenters. The third-order valence-electron chi connectivity index (χ3n) is 1.31. The van der Waals surface area contributed by atoms with Crippen LogP contribution in [0.3, 0.4) is 0 Å². The van der Waals surface area contributed by atoms with Crippen molar-refractivity contribution < 1.29 is 4.74 Å². The van der Waals surface area contributed by atoms with Gasteiger partial charge in [-0.15, -0.1) is 0 Å². The van der Waals surface area contributed by atoms with E-state index >= 15 is 0 Å². The minimum absolute atomic E-state index is 0.803. The van der Waals surface area contributed by atoms with Crippen LogP contribution >= 0.6 is 0 Å². The Morgan fingerprint density at radius 3 is 3.22 bits per heavy atom. The van der Waals surface area contributed by atoms with Crippen LogP contribution in [-0.2, 0) is 4.74 Å². The summed E-state index contributed by atoms with van der Waals surface area (Å²) < 4.78 is 4.90. The van der Waals surface area contributed by atoms with Crippen molar-refractivity contribution in [2.45, 2.75) is 6.42 Å². The Morgan fingerprint density at radius 1 is 1.78 bits per heavy atom. The first-order valence-corrected chi connectivity index (χ1v) is 3.11. The predicted molar refractivity (Wildman–Crippen MR) is 37.9 cm³/mol. The van der Waals surface area contributed by atoms with E-state index in [0.717, 1.165) is 19.6 Å². The summed E-state index contributed by atoms with van der Waals surface area (Å²) in [4.78, 5) is 4.04. The topological polar surface area (TPSA) is 21.6 Å². The number of methoxy groups -OCH3 is 1. The van der Waals surface area contributed by atoms with E-state index in [1.165, 1.54) is 5.57 Å². The van der Waals surface area contributed by atoms with Crippen LogP contribution in [0.2, 0.25) is 0 Å². The minimum atomic E-state index is 0.803. The Labute approximate surface area is 55.2 Å². The molecule has 2 nitrogen and oxygen atoms in total. The Bertz CT molecular complexity index is 138. The Balaban J connectivity index is 2.19. The maximum Gasteiger partial charge on any atom is 0.0576 e. The van der Waals surface area contributed by atoms with Crippen LogP contribution in [0.4, 0.5) is 0 Å². The molecule has 2 heteroatoms. The normalized spacial score (nSPS) is 16.3. The van der Waals surface area contributed by atoms with Crippen molar-refractivity contribution in [2.75, 3.05) is 20.3 Å². The summed E-state index contributed by atoms with van der Waals surface area (Å²) in [5.41, 5.74) is 1.30. The Kier molecular flexibility index (Phi) is 2.46. The van der Waals surface area contributed by atoms with E-state index in [4.69, 9.17) is 4.74 Å². The molecule has 0 aromatic rings. The van der Waals surface area contributed by atoms with Gasteiger partial charge in [0.25, 0.3) is 0 Å². The van der Waals surface area contributed by atoms with E-state index in [1.54, 1.807) is 7.11 Å². The SMILES string of the molecule is COCCC1=CCN=C1. The quantitative estimate of drug-likeness (QED) is 0.552. The monoisotopic (exact) mass is 125 g/mol. The van der Waals surface area contributed by atoms with Crippen molar-refractivity contribution in [3.8, 4) is 0 Å². The largest absolute Gasteiger partial charge is 0.384 e. The highest BCUT2D eigenvalue weighted by Gasteiger charge is 1.96. The molecule has 0 aromatic heterocycles. The fourth-order valence-corrected chi connectivity index (χ4v) is 0.779. The van der Waals surface area contributed by atoms with Crippen molar-refractivity contribution in [3.05, 3.63) is 11.6 Å². The maximum absolute atomic E-state index is 4.90. The second-order valence-electron chi connectivity index (χ2n) is 2.02. The van der Waals surface area contributed by atoms with E-state index in [9.17, 15) is 0 Å². The molecule has 1 aliphatic rings. The van der Waals surface area contributed by atoms with Gasteiger partial charge in [-0.2, -0.15) is 0 Å². The molecule has 50 valence electrons. The van der Waals surface area contributed by atoms with Crippen LogP contribution in [0.1, 0.15) is 6.42 Å². The molecule has 0 saturated carbocycles. The van der Waals surface area contributed by atoms with Crippen LogP contribution in [0.5, 0.6) is 0 Å². The molecule has 1 aliphatic heterocycles. The summed E-state index contributed by atoms with van der Waals surface area (Å²) in [5.74, 6) is 0. The summed E-state index contributed by atoms with van der Waals surface area (Å²) in [6, 6.07) is 0. The van der Waals surface area contributed by atoms with Gasteiger partial charge in [0.2, 0.25) is 0 Å². The standard InChI is InChI=1S/C7H11NO/c1-9-5-3-7-2-4-8-6-7/h2,6H,3-5H2,1H3. The van der Waals surface area contributed by atoms with Crippen LogP contribution in [0.25, 0.3) is 0 Å². The first kappa shape index (κ1) is 6.49. The molecule has 1 rings (SSSR count). The number of nitrogens with zero attached hydrogens (tertiary/aromatic N) is 1. The molecule has 0 N–H and O–H groups in total. The number of rotatable bonds is 3. The van der Waals surface area contributed by atoms with Crippen LogP contribution < -0.4 is 0 Å². The van der Waals surface area contributed by atoms with Crippen molar-refractivity contribution in [1.82, 2.24) is 0 Å². The van der Waals surface area contributed by atoms with Gasteiger partial charge in [-0.25, -0.2) is 0 Å². The molecule has 0 aromatic carbocycles. The van der Waals surface area contributed by atoms with Crippen molar-refractivity contribution in [3.63, 3.8) is 0 Å². The van der Waals surface area contributed by atoms with Gasteiger partial charge in [0, 0.05) is 13.3 Å². The van der Waals surface area contributed by atoms with Gasteiger partial charge in [-0.3, -0.25) is 4.99 Å². The summed E-state index contributed by atoms with van der Waals surface area (Å²) in [6.07, 6.45) is 5.04. The zero-order chi connectivity index (χ0) is 6.53. The van der Waals surface area contributed by atoms with Crippen molar-refractivity contribution >= 4 is 6.21 Å². The van der Waals surface area contributed by atoms with Gasteiger partial charge in [-0.1, -0.05) is 6.08 Å². The summed E-state index contributed by atoms with van der Waals surface area (Å²) in [7, 11) is 1.71. The highest BCUT2D eigenvalue weighted by atomic mass is 16.5. The van der Waals surface area contributed by atoms with Crippen LogP contribution in [0.15, 0.2) is 16.6 Å². The minimum Gasteiger partial charge on any atom is -0.384 e. The molecule has 9 heavy (non-hydrogen) atoms. The fraction of sp³-hybridized carbons (Fsp3) is 0.571. The molecule has 1 heterocycles. The summed E-state index contributed by atoms with van der Waals surface area (Å²) >= 11 is 0. The highest BCUT2D eigenvalue weighted by molar-refractivity contribution is 5.80. The molecule has 0 saturated heterocycles. The molecule has 0 bridgehead atoms. The van der Waals surface area contributed by atoms with E-state index in [1.807, 2.05) is 6.21 Å². The van der Waals surface area contributed by atoms with Gasteiger partial charge in [-0.05, 0) is 12.0 Å². The molecule has 0 spiro atoms. The number of hydrogen-bond donors (Lipinski definition) is 0. The van der Waals surface area contributed by atoms with E-state index < -0.39 is 0 Å². The number of ether oxygens (including phenoxy) is 1. The molecule has 0 aliphatic carbocycles. The Morgan fingerprint density at radius 2 is 2.67 bits per heavy atom. The predicted octanol–water partition coefficient (Wildman–Crippen LogP) is 1.03. The highest BCUT2D eigenvalue weighted by Crippen LogP contribution is 2.02. The van der Waals surface area contributed by atoms with Crippen molar-refractivity contribution in [2.24, 2.45) is 4.99 Å². The first-order valence-electron chi connectivity index (χ1n) is 3.11. The molecule has 0 radical (unpaired) electrons. The summed E-state index contributed by atoms with van der Waals surface area (Å²) in [6.45, 7) is 1.66. The zero-order valence-corrected chi connectivity index (χ0v) is 5.63. The van der Waals surface area contributed by atoms with E-state index in [2.05, 4.69) is 11.1 Å². The third kappa shape index (κ3) is 1.98. The lowest BCUT2D eigenvalue weighted by molar-refractivity contribution is 0.203. The molecular formula is C7H11NO. The lowest BCUT2D eigenvalue weighted by Crippen LogP contribution is -1.90. The maximum atomic E-state index is 4.90. The van der Waals surface area contributed by atoms with Gasteiger partial charge in [0.1, 0.15) is 0 Å². The number of hydrogen-bond acceptors (Lipinski definition) is 2. The third-order valence-corrected chi connectivity index (χ3v) is 1.31. The lowest BCUT2D eigenvalue weighted by atomic mass is 10.2. The van der Waals surface area contributed by atoms with Gasteiger partial charge >= 0.3 is 0 Å². The average molecular weight is 125 g/mol. The van der Waals surface area contributed by atoms with E-state index in [-0.39, 0.29) is 0 Å². The van der Waals surface area contributed by atoms with Gasteiger partial charge in [0.05, 0.1) is 13.2 Å². The zero-order valence-electron chi connectivity index (χ0n) is 5.63. The second kappa shape index (κ2) is 3.41. The lowest BCUT2D eigenvalue weighted by Gasteiger charge is -1.94. The van der Waals surface area contributed by atoms with Gasteiger partial charge in [0.15, 0.2) is 0 Å². The molecular weight excluding hydrogens is 114 g/mol. The number of aliphatic imine (C=N–C) groups is 1. The average Bonchev–Trinajstić information content (AvgIpc) is 2.34. The smallest absolute Gasteiger partial charge is 0.0576 e. The summed E-state index contributed by atoms with van der Waals surface area (Å²) in [5, 5.41) is 0. The van der Waals surface area contributed by atoms with Gasteiger partial charge < -0.3 is 4.74 Å². The molecule has 0 unspecified atom stereocenters. The molecule has 0 fully saturated rings. The van der Waals surface area contributed by atoms with Crippen molar-refractivity contribution in [1.29, 1.82) is 0 Å².